The van der Waals surface area contributed by atoms with E-state index in [-0.39, 0.29) is 18.4 Å². The standard InChI is InChI=1S/C12H16F3N.ClH/c1-8(2)6-11(16)9-4-3-5-10(7-9)12(13,14)15;/h3-5,7-8,11H,6,16H2,1-2H3;1H/t11-;/m1./s1. The summed E-state index contributed by atoms with van der Waals surface area (Å²) in [6.45, 7) is 3.99. The van der Waals surface area contributed by atoms with Crippen molar-refractivity contribution in [2.24, 2.45) is 11.7 Å². The van der Waals surface area contributed by atoms with Gasteiger partial charge in [-0.1, -0.05) is 26.0 Å². The molecule has 0 unspecified atom stereocenters. The van der Waals surface area contributed by atoms with E-state index in [0.29, 0.717) is 17.9 Å². The molecule has 0 saturated heterocycles. The zero-order valence-corrected chi connectivity index (χ0v) is 10.6. The summed E-state index contributed by atoms with van der Waals surface area (Å²) in [6.07, 6.45) is -3.62. The van der Waals surface area contributed by atoms with E-state index in [1.807, 2.05) is 13.8 Å². The maximum atomic E-state index is 12.5. The summed E-state index contributed by atoms with van der Waals surface area (Å²) in [5, 5.41) is 0. The number of benzene rings is 1. The minimum atomic E-state index is -4.30. The van der Waals surface area contributed by atoms with Gasteiger partial charge in [0.1, 0.15) is 0 Å². The number of rotatable bonds is 3. The van der Waals surface area contributed by atoms with Crippen LogP contribution < -0.4 is 5.73 Å². The summed E-state index contributed by atoms with van der Waals surface area (Å²) in [5.74, 6) is 0.365. The van der Waals surface area contributed by atoms with E-state index in [4.69, 9.17) is 5.73 Å². The molecule has 2 N–H and O–H groups in total. The van der Waals surface area contributed by atoms with Crippen LogP contribution in [-0.2, 0) is 6.18 Å². The van der Waals surface area contributed by atoms with Gasteiger partial charge in [0.05, 0.1) is 5.56 Å². The first kappa shape index (κ1) is 16.3. The Labute approximate surface area is 106 Å². The highest BCUT2D eigenvalue weighted by atomic mass is 35.5. The highest BCUT2D eigenvalue weighted by Crippen LogP contribution is 2.31. The minimum Gasteiger partial charge on any atom is -0.324 e. The molecule has 0 aliphatic rings. The highest BCUT2D eigenvalue weighted by Gasteiger charge is 2.30. The fraction of sp³-hybridized carbons (Fsp3) is 0.500. The van der Waals surface area contributed by atoms with Crippen molar-refractivity contribution in [1.82, 2.24) is 0 Å². The van der Waals surface area contributed by atoms with Gasteiger partial charge in [-0.2, -0.15) is 13.2 Å². The molecule has 0 fully saturated rings. The van der Waals surface area contributed by atoms with Crippen LogP contribution in [0.4, 0.5) is 13.2 Å². The van der Waals surface area contributed by atoms with Crippen molar-refractivity contribution < 1.29 is 13.2 Å². The monoisotopic (exact) mass is 267 g/mol. The van der Waals surface area contributed by atoms with E-state index in [0.717, 1.165) is 12.1 Å². The van der Waals surface area contributed by atoms with Crippen LogP contribution in [0.15, 0.2) is 24.3 Å². The summed E-state index contributed by atoms with van der Waals surface area (Å²) in [5.41, 5.74) is 5.75. The molecule has 0 amide bonds. The number of alkyl halides is 3. The van der Waals surface area contributed by atoms with Crippen molar-refractivity contribution in [3.05, 3.63) is 35.4 Å². The molecule has 1 aromatic rings. The zero-order chi connectivity index (χ0) is 12.3. The predicted octanol–water partition coefficient (Wildman–Crippen LogP) is 4.17. The van der Waals surface area contributed by atoms with Crippen molar-refractivity contribution in [3.8, 4) is 0 Å². The van der Waals surface area contributed by atoms with Gasteiger partial charge in [-0.3, -0.25) is 0 Å². The summed E-state index contributed by atoms with van der Waals surface area (Å²) in [6, 6.07) is 4.90. The van der Waals surface area contributed by atoms with Crippen LogP contribution in [0.1, 0.15) is 37.4 Å². The number of halogens is 4. The summed E-state index contributed by atoms with van der Waals surface area (Å²) in [4.78, 5) is 0. The Morgan fingerprint density at radius 2 is 1.82 bits per heavy atom. The second-order valence-corrected chi connectivity index (χ2v) is 4.36. The molecule has 0 aromatic heterocycles. The topological polar surface area (TPSA) is 26.0 Å². The van der Waals surface area contributed by atoms with E-state index in [1.165, 1.54) is 6.07 Å². The maximum Gasteiger partial charge on any atom is 0.416 e. The Morgan fingerprint density at radius 1 is 1.24 bits per heavy atom. The molecule has 5 heteroatoms. The molecule has 1 rings (SSSR count). The van der Waals surface area contributed by atoms with Crippen molar-refractivity contribution in [2.75, 3.05) is 0 Å². The molecule has 0 radical (unpaired) electrons. The second-order valence-electron chi connectivity index (χ2n) is 4.36. The molecule has 0 spiro atoms. The largest absolute Gasteiger partial charge is 0.416 e. The van der Waals surface area contributed by atoms with E-state index in [1.54, 1.807) is 6.07 Å². The fourth-order valence-electron chi connectivity index (χ4n) is 1.59. The lowest BCUT2D eigenvalue weighted by molar-refractivity contribution is -0.137. The van der Waals surface area contributed by atoms with Gasteiger partial charge < -0.3 is 5.73 Å². The minimum absolute atomic E-state index is 0. The Kier molecular flexibility index (Phi) is 5.99. The molecule has 1 aromatic carbocycles. The smallest absolute Gasteiger partial charge is 0.324 e. The first-order chi connectivity index (χ1) is 7.30. The average molecular weight is 268 g/mol. The Hall–Kier alpha value is -0.740. The van der Waals surface area contributed by atoms with Crippen LogP contribution in [-0.4, -0.2) is 0 Å². The molecule has 98 valence electrons. The van der Waals surface area contributed by atoms with Crippen LogP contribution >= 0.6 is 12.4 Å². The molecule has 0 bridgehead atoms. The van der Waals surface area contributed by atoms with E-state index >= 15 is 0 Å². The molecule has 17 heavy (non-hydrogen) atoms. The van der Waals surface area contributed by atoms with Crippen molar-refractivity contribution >= 4 is 12.4 Å². The summed E-state index contributed by atoms with van der Waals surface area (Å²) < 4.78 is 37.4. The van der Waals surface area contributed by atoms with E-state index in [2.05, 4.69) is 0 Å². The van der Waals surface area contributed by atoms with Crippen LogP contribution in [0.3, 0.4) is 0 Å². The molecule has 1 atom stereocenters. The summed E-state index contributed by atoms with van der Waals surface area (Å²) in [7, 11) is 0. The Bertz CT molecular complexity index is 350. The third-order valence-electron chi connectivity index (χ3n) is 2.37. The van der Waals surface area contributed by atoms with Crippen LogP contribution in [0.2, 0.25) is 0 Å². The van der Waals surface area contributed by atoms with Crippen LogP contribution in [0.5, 0.6) is 0 Å². The van der Waals surface area contributed by atoms with E-state index < -0.39 is 11.7 Å². The van der Waals surface area contributed by atoms with Crippen molar-refractivity contribution in [1.29, 1.82) is 0 Å². The third-order valence-corrected chi connectivity index (χ3v) is 2.37. The SMILES string of the molecule is CC(C)C[C@@H](N)c1cccc(C(F)(F)F)c1.Cl. The number of nitrogens with two attached hydrogens (primary N) is 1. The Balaban J connectivity index is 0.00000256. The lowest BCUT2D eigenvalue weighted by Gasteiger charge is -2.16. The third kappa shape index (κ3) is 4.96. The molecule has 1 nitrogen and oxygen atoms in total. The van der Waals surface area contributed by atoms with E-state index in [9.17, 15) is 13.2 Å². The first-order valence-corrected chi connectivity index (χ1v) is 5.23. The lowest BCUT2D eigenvalue weighted by atomic mass is 9.96. The zero-order valence-electron chi connectivity index (χ0n) is 9.79. The molecule has 0 aliphatic heterocycles. The van der Waals surface area contributed by atoms with Gasteiger partial charge in [0.25, 0.3) is 0 Å². The second kappa shape index (κ2) is 6.26. The molecular weight excluding hydrogens is 251 g/mol. The molecule has 0 saturated carbocycles. The quantitative estimate of drug-likeness (QED) is 0.874. The van der Waals surface area contributed by atoms with Gasteiger partial charge in [0, 0.05) is 6.04 Å². The number of hydrogen-bond donors (Lipinski definition) is 1. The lowest BCUT2D eigenvalue weighted by Crippen LogP contribution is -2.14. The van der Waals surface area contributed by atoms with Gasteiger partial charge in [-0.15, -0.1) is 12.4 Å². The Morgan fingerprint density at radius 3 is 2.29 bits per heavy atom. The first-order valence-electron chi connectivity index (χ1n) is 5.23. The van der Waals surface area contributed by atoms with Crippen LogP contribution in [0.25, 0.3) is 0 Å². The van der Waals surface area contributed by atoms with Gasteiger partial charge in [0.2, 0.25) is 0 Å². The van der Waals surface area contributed by atoms with Gasteiger partial charge >= 0.3 is 6.18 Å². The predicted molar refractivity (Wildman–Crippen MR) is 65.1 cm³/mol. The van der Waals surface area contributed by atoms with Crippen molar-refractivity contribution in [3.63, 3.8) is 0 Å². The average Bonchev–Trinajstić information content (AvgIpc) is 2.15. The molecular formula is C12H17ClF3N. The molecule has 0 heterocycles. The normalized spacial score (nSPS) is 13.4. The number of hydrogen-bond acceptors (Lipinski definition) is 1. The maximum absolute atomic E-state index is 12.5. The van der Waals surface area contributed by atoms with Gasteiger partial charge in [-0.05, 0) is 30.0 Å². The summed E-state index contributed by atoms with van der Waals surface area (Å²) >= 11 is 0. The fourth-order valence-corrected chi connectivity index (χ4v) is 1.59. The van der Waals surface area contributed by atoms with Gasteiger partial charge in [-0.25, -0.2) is 0 Å². The van der Waals surface area contributed by atoms with Crippen LogP contribution in [0, 0.1) is 5.92 Å². The molecule has 0 aliphatic carbocycles. The van der Waals surface area contributed by atoms with Gasteiger partial charge in [0.15, 0.2) is 0 Å². The van der Waals surface area contributed by atoms with Crippen molar-refractivity contribution in [2.45, 2.75) is 32.5 Å². The highest BCUT2D eigenvalue weighted by molar-refractivity contribution is 5.85.